The third-order valence-corrected chi connectivity index (χ3v) is 3.04. The maximum atomic E-state index is 12.4. The fourth-order valence-corrected chi connectivity index (χ4v) is 1.88. The van der Waals surface area contributed by atoms with Crippen molar-refractivity contribution in [3.05, 3.63) is 35.4 Å². The molecule has 0 heterocycles. The van der Waals surface area contributed by atoms with E-state index in [2.05, 4.69) is 26.1 Å². The summed E-state index contributed by atoms with van der Waals surface area (Å²) >= 11 is 0. The summed E-state index contributed by atoms with van der Waals surface area (Å²) in [7, 11) is 0. The van der Waals surface area contributed by atoms with E-state index in [0.29, 0.717) is 12.0 Å². The summed E-state index contributed by atoms with van der Waals surface area (Å²) < 4.78 is 24.7. The van der Waals surface area contributed by atoms with Crippen molar-refractivity contribution >= 4 is 0 Å². The SMILES string of the molecule is CCC(NCc1ccc(C(F)F)cc1)C(C)C. The Labute approximate surface area is 102 Å². The highest BCUT2D eigenvalue weighted by atomic mass is 19.3. The van der Waals surface area contributed by atoms with Crippen molar-refractivity contribution in [3.8, 4) is 0 Å². The molecule has 0 fully saturated rings. The molecule has 0 amide bonds. The quantitative estimate of drug-likeness (QED) is 0.789. The molecule has 0 saturated heterocycles. The minimum absolute atomic E-state index is 0.0876. The van der Waals surface area contributed by atoms with E-state index in [1.165, 1.54) is 12.1 Å². The van der Waals surface area contributed by atoms with Crippen molar-refractivity contribution in [1.29, 1.82) is 0 Å². The van der Waals surface area contributed by atoms with Gasteiger partial charge in [-0.3, -0.25) is 0 Å². The Balaban J connectivity index is 2.52. The summed E-state index contributed by atoms with van der Waals surface area (Å²) in [5.74, 6) is 0.584. The summed E-state index contributed by atoms with van der Waals surface area (Å²) in [4.78, 5) is 0. The summed E-state index contributed by atoms with van der Waals surface area (Å²) in [5.41, 5.74) is 1.14. The van der Waals surface area contributed by atoms with Crippen molar-refractivity contribution in [3.63, 3.8) is 0 Å². The Morgan fingerprint density at radius 2 is 1.71 bits per heavy atom. The largest absolute Gasteiger partial charge is 0.310 e. The fraction of sp³-hybridized carbons (Fsp3) is 0.571. The van der Waals surface area contributed by atoms with Crippen LogP contribution in [-0.4, -0.2) is 6.04 Å². The lowest BCUT2D eigenvalue weighted by Crippen LogP contribution is -2.32. The van der Waals surface area contributed by atoms with Gasteiger partial charge in [-0.05, 0) is 17.9 Å². The predicted octanol–water partition coefficient (Wildman–Crippen LogP) is 4.15. The molecule has 0 saturated carbocycles. The molecule has 96 valence electrons. The van der Waals surface area contributed by atoms with E-state index in [-0.39, 0.29) is 5.56 Å². The third kappa shape index (κ3) is 4.43. The topological polar surface area (TPSA) is 12.0 Å². The summed E-state index contributed by atoms with van der Waals surface area (Å²) in [6.45, 7) is 7.25. The maximum Gasteiger partial charge on any atom is 0.263 e. The van der Waals surface area contributed by atoms with Gasteiger partial charge in [-0.25, -0.2) is 8.78 Å². The molecule has 1 atom stereocenters. The van der Waals surface area contributed by atoms with Crippen LogP contribution < -0.4 is 5.32 Å². The van der Waals surface area contributed by atoms with Gasteiger partial charge in [0, 0.05) is 18.2 Å². The number of hydrogen-bond acceptors (Lipinski definition) is 1. The van der Waals surface area contributed by atoms with Crippen molar-refractivity contribution in [1.82, 2.24) is 5.32 Å². The van der Waals surface area contributed by atoms with Gasteiger partial charge >= 0.3 is 0 Å². The van der Waals surface area contributed by atoms with Crippen molar-refractivity contribution in [2.24, 2.45) is 5.92 Å². The molecule has 0 aromatic heterocycles. The first-order chi connectivity index (χ1) is 8.04. The lowest BCUT2D eigenvalue weighted by atomic mass is 10.0. The van der Waals surface area contributed by atoms with Crippen LogP contribution in [0.25, 0.3) is 0 Å². The Morgan fingerprint density at radius 1 is 1.12 bits per heavy atom. The summed E-state index contributed by atoms with van der Waals surface area (Å²) in [6, 6.07) is 7.00. The molecule has 0 radical (unpaired) electrons. The first-order valence-corrected chi connectivity index (χ1v) is 6.15. The smallest absolute Gasteiger partial charge is 0.263 e. The van der Waals surface area contributed by atoms with Crippen LogP contribution in [0.15, 0.2) is 24.3 Å². The molecular weight excluding hydrogens is 220 g/mol. The molecule has 1 unspecified atom stereocenters. The van der Waals surface area contributed by atoms with Crippen LogP contribution in [0.5, 0.6) is 0 Å². The van der Waals surface area contributed by atoms with Gasteiger partial charge in [-0.2, -0.15) is 0 Å². The van der Waals surface area contributed by atoms with Gasteiger partial charge in [-0.15, -0.1) is 0 Å². The first-order valence-electron chi connectivity index (χ1n) is 6.15. The van der Waals surface area contributed by atoms with Crippen molar-refractivity contribution < 1.29 is 8.78 Å². The second-order valence-electron chi connectivity index (χ2n) is 4.68. The molecule has 1 N–H and O–H groups in total. The van der Waals surface area contributed by atoms with Crippen molar-refractivity contribution in [2.45, 2.75) is 46.2 Å². The average molecular weight is 241 g/mol. The van der Waals surface area contributed by atoms with Gasteiger partial charge in [0.05, 0.1) is 0 Å². The standard InChI is InChI=1S/C14H21F2N/c1-4-13(10(2)3)17-9-11-5-7-12(8-6-11)14(15)16/h5-8,10,13-14,17H,4,9H2,1-3H3. The van der Waals surface area contributed by atoms with E-state index in [1.807, 2.05) is 0 Å². The zero-order valence-electron chi connectivity index (χ0n) is 10.7. The Morgan fingerprint density at radius 3 is 2.12 bits per heavy atom. The fourth-order valence-electron chi connectivity index (χ4n) is 1.88. The van der Waals surface area contributed by atoms with E-state index in [9.17, 15) is 8.78 Å². The highest BCUT2D eigenvalue weighted by Crippen LogP contribution is 2.18. The average Bonchev–Trinajstić information content (AvgIpc) is 2.30. The minimum Gasteiger partial charge on any atom is -0.310 e. The molecule has 0 aliphatic rings. The molecule has 1 rings (SSSR count). The van der Waals surface area contributed by atoms with Gasteiger partial charge in [0.15, 0.2) is 0 Å². The second-order valence-corrected chi connectivity index (χ2v) is 4.68. The second kappa shape index (κ2) is 6.70. The molecule has 1 aromatic rings. The zero-order valence-corrected chi connectivity index (χ0v) is 10.7. The first kappa shape index (κ1) is 14.1. The van der Waals surface area contributed by atoms with Crippen LogP contribution in [0.2, 0.25) is 0 Å². The van der Waals surface area contributed by atoms with E-state index < -0.39 is 6.43 Å². The molecule has 0 aliphatic carbocycles. The zero-order chi connectivity index (χ0) is 12.8. The van der Waals surface area contributed by atoms with Crippen LogP contribution in [-0.2, 0) is 6.54 Å². The summed E-state index contributed by atoms with van der Waals surface area (Å²) in [5, 5.41) is 3.45. The van der Waals surface area contributed by atoms with Crippen LogP contribution in [0, 0.1) is 5.92 Å². The molecule has 0 spiro atoms. The number of benzene rings is 1. The monoisotopic (exact) mass is 241 g/mol. The van der Waals surface area contributed by atoms with Crippen LogP contribution >= 0.6 is 0 Å². The van der Waals surface area contributed by atoms with Gasteiger partial charge in [-0.1, -0.05) is 45.0 Å². The molecule has 3 heteroatoms. The van der Waals surface area contributed by atoms with Gasteiger partial charge in [0.25, 0.3) is 6.43 Å². The predicted molar refractivity (Wildman–Crippen MR) is 67.2 cm³/mol. The summed E-state index contributed by atoms with van der Waals surface area (Å²) in [6.07, 6.45) is -1.30. The number of rotatable bonds is 6. The van der Waals surface area contributed by atoms with E-state index in [4.69, 9.17) is 0 Å². The van der Waals surface area contributed by atoms with Gasteiger partial charge in [0.2, 0.25) is 0 Å². The van der Waals surface area contributed by atoms with E-state index in [1.54, 1.807) is 12.1 Å². The minimum atomic E-state index is -2.38. The molecule has 1 nitrogen and oxygen atoms in total. The maximum absolute atomic E-state index is 12.4. The van der Waals surface area contributed by atoms with Gasteiger partial charge in [0.1, 0.15) is 0 Å². The van der Waals surface area contributed by atoms with E-state index >= 15 is 0 Å². The lowest BCUT2D eigenvalue weighted by Gasteiger charge is -2.20. The molecule has 0 bridgehead atoms. The highest BCUT2D eigenvalue weighted by Gasteiger charge is 2.10. The Kier molecular flexibility index (Phi) is 5.56. The van der Waals surface area contributed by atoms with E-state index in [0.717, 1.165) is 18.5 Å². The van der Waals surface area contributed by atoms with Crippen LogP contribution in [0.1, 0.15) is 44.7 Å². The molecule has 1 aromatic carbocycles. The normalized spacial score (nSPS) is 13.4. The van der Waals surface area contributed by atoms with Crippen molar-refractivity contribution in [2.75, 3.05) is 0 Å². The highest BCUT2D eigenvalue weighted by molar-refractivity contribution is 5.23. The van der Waals surface area contributed by atoms with Gasteiger partial charge < -0.3 is 5.32 Å². The van der Waals surface area contributed by atoms with Crippen LogP contribution in [0.3, 0.4) is 0 Å². The lowest BCUT2D eigenvalue weighted by molar-refractivity contribution is 0.151. The Bertz CT molecular complexity index is 319. The van der Waals surface area contributed by atoms with Crippen LogP contribution in [0.4, 0.5) is 8.78 Å². The third-order valence-electron chi connectivity index (χ3n) is 3.04. The number of halogens is 2. The number of alkyl halides is 2. The molecule has 17 heavy (non-hydrogen) atoms. The Hall–Kier alpha value is -0.960. The molecular formula is C14H21F2N. The molecule has 0 aliphatic heterocycles. The number of hydrogen-bond donors (Lipinski definition) is 1. The number of nitrogens with one attached hydrogen (secondary N) is 1.